The number of aryl methyl sites for hydroxylation is 1. The maximum absolute atomic E-state index is 12.8. The number of nitrogens with zero attached hydrogens (tertiary/aromatic N) is 5. The quantitative estimate of drug-likeness (QED) is 0.550. The molecule has 2 N–H and O–H groups in total. The zero-order valence-electron chi connectivity index (χ0n) is 15.0. The van der Waals surface area contributed by atoms with Gasteiger partial charge in [-0.3, -0.25) is 9.89 Å². The second-order valence-corrected chi connectivity index (χ2v) is 6.27. The van der Waals surface area contributed by atoms with Gasteiger partial charge < -0.3 is 5.32 Å². The average molecular weight is 393 g/mol. The van der Waals surface area contributed by atoms with Crippen LogP contribution in [0.3, 0.4) is 0 Å². The van der Waals surface area contributed by atoms with Gasteiger partial charge in [0.25, 0.3) is 5.91 Å². The maximum Gasteiger partial charge on any atom is 0.333 e. The highest BCUT2D eigenvalue weighted by atomic mass is 19.3. The molecule has 0 atom stereocenters. The van der Waals surface area contributed by atoms with Gasteiger partial charge in [-0.2, -0.15) is 24.2 Å². The van der Waals surface area contributed by atoms with Crippen LogP contribution >= 0.6 is 0 Å². The van der Waals surface area contributed by atoms with E-state index in [2.05, 4.69) is 25.6 Å². The minimum atomic E-state index is -2.74. The Labute approximate surface area is 162 Å². The van der Waals surface area contributed by atoms with E-state index in [1.54, 1.807) is 31.2 Å². The first-order valence-corrected chi connectivity index (χ1v) is 8.45. The van der Waals surface area contributed by atoms with Gasteiger partial charge in [-0.05, 0) is 36.8 Å². The molecule has 1 amide bonds. The van der Waals surface area contributed by atoms with Crippen LogP contribution in [0.2, 0.25) is 0 Å². The maximum atomic E-state index is 12.8. The lowest BCUT2D eigenvalue weighted by Crippen LogP contribution is -2.15. The van der Waals surface area contributed by atoms with Gasteiger partial charge in [0.05, 0.1) is 17.3 Å². The van der Waals surface area contributed by atoms with E-state index in [9.17, 15) is 13.6 Å². The van der Waals surface area contributed by atoms with Crippen LogP contribution in [0.4, 0.5) is 14.5 Å². The second kappa shape index (κ2) is 7.12. The van der Waals surface area contributed by atoms with Gasteiger partial charge in [-0.1, -0.05) is 0 Å². The lowest BCUT2D eigenvalue weighted by molar-refractivity contribution is 0.0566. The fraction of sp³-hybridized carbons (Fsp3) is 0.105. The number of aromatic nitrogens is 5. The molecule has 0 radical (unpaired) electrons. The van der Waals surface area contributed by atoms with Crippen molar-refractivity contribution in [1.82, 2.24) is 25.0 Å². The lowest BCUT2D eigenvalue weighted by atomic mass is 10.1. The SMILES string of the molecule is Cc1cc(C#N)cnc1C(=O)Nc1ccc2[nH]nc(-c3cnn(C(F)F)c3)c2c1. The summed E-state index contributed by atoms with van der Waals surface area (Å²) < 4.78 is 26.1. The number of H-pyrrole nitrogens is 1. The molecule has 4 rings (SSSR count). The van der Waals surface area contributed by atoms with Gasteiger partial charge >= 0.3 is 6.55 Å². The molecule has 10 heteroatoms. The number of benzene rings is 1. The molecule has 0 saturated carbocycles. The third-order valence-corrected chi connectivity index (χ3v) is 4.32. The fourth-order valence-electron chi connectivity index (χ4n) is 2.94. The van der Waals surface area contributed by atoms with Crippen molar-refractivity contribution < 1.29 is 13.6 Å². The highest BCUT2D eigenvalue weighted by Gasteiger charge is 2.16. The molecule has 0 saturated heterocycles. The van der Waals surface area contributed by atoms with Gasteiger partial charge in [-0.15, -0.1) is 0 Å². The van der Waals surface area contributed by atoms with Crippen LogP contribution < -0.4 is 5.32 Å². The van der Waals surface area contributed by atoms with Gasteiger partial charge in [0.15, 0.2) is 0 Å². The molecule has 0 aliphatic rings. The van der Waals surface area contributed by atoms with Crippen molar-refractivity contribution >= 4 is 22.5 Å². The average Bonchev–Trinajstić information content (AvgIpc) is 3.34. The summed E-state index contributed by atoms with van der Waals surface area (Å²) in [6.07, 6.45) is 3.84. The number of anilines is 1. The molecule has 144 valence electrons. The topological polar surface area (TPSA) is 112 Å². The number of pyridine rings is 1. The summed E-state index contributed by atoms with van der Waals surface area (Å²) in [6.45, 7) is -1.05. The number of aromatic amines is 1. The predicted octanol–water partition coefficient (Wildman–Crippen LogP) is 3.65. The zero-order valence-corrected chi connectivity index (χ0v) is 15.0. The number of fused-ring (bicyclic) bond motifs is 1. The van der Waals surface area contributed by atoms with Crippen molar-refractivity contribution in [3.63, 3.8) is 0 Å². The van der Waals surface area contributed by atoms with Crippen molar-refractivity contribution in [2.75, 3.05) is 5.32 Å². The number of hydrogen-bond acceptors (Lipinski definition) is 5. The minimum Gasteiger partial charge on any atom is -0.321 e. The van der Waals surface area contributed by atoms with Gasteiger partial charge in [-0.25, -0.2) is 9.67 Å². The summed E-state index contributed by atoms with van der Waals surface area (Å²) in [5, 5.41) is 22.9. The number of alkyl halides is 2. The molecular weight excluding hydrogens is 380 g/mol. The van der Waals surface area contributed by atoms with Crippen LogP contribution in [-0.4, -0.2) is 30.9 Å². The second-order valence-electron chi connectivity index (χ2n) is 6.27. The first-order chi connectivity index (χ1) is 14.0. The highest BCUT2D eigenvalue weighted by molar-refractivity contribution is 6.05. The molecular formula is C19H13F2N7O. The molecule has 1 aromatic carbocycles. The third kappa shape index (κ3) is 3.41. The van der Waals surface area contributed by atoms with Crippen LogP contribution in [-0.2, 0) is 0 Å². The zero-order chi connectivity index (χ0) is 20.5. The van der Waals surface area contributed by atoms with Crippen LogP contribution in [0.25, 0.3) is 22.2 Å². The van der Waals surface area contributed by atoms with Gasteiger partial charge in [0.1, 0.15) is 17.5 Å². The lowest BCUT2D eigenvalue weighted by Gasteiger charge is -2.07. The van der Waals surface area contributed by atoms with Crippen molar-refractivity contribution in [1.29, 1.82) is 5.26 Å². The summed E-state index contributed by atoms with van der Waals surface area (Å²) in [5.41, 5.74) is 3.17. The highest BCUT2D eigenvalue weighted by Crippen LogP contribution is 2.29. The van der Waals surface area contributed by atoms with Crippen molar-refractivity contribution in [3.8, 4) is 17.3 Å². The predicted molar refractivity (Wildman–Crippen MR) is 100 cm³/mol. The van der Waals surface area contributed by atoms with E-state index in [1.165, 1.54) is 18.6 Å². The van der Waals surface area contributed by atoms with E-state index < -0.39 is 12.5 Å². The van der Waals surface area contributed by atoms with E-state index in [0.29, 0.717) is 43.7 Å². The van der Waals surface area contributed by atoms with E-state index >= 15 is 0 Å². The monoisotopic (exact) mass is 393 g/mol. The van der Waals surface area contributed by atoms with E-state index in [0.717, 1.165) is 0 Å². The molecule has 3 heterocycles. The summed E-state index contributed by atoms with van der Waals surface area (Å²) in [5.74, 6) is -0.429. The molecule has 29 heavy (non-hydrogen) atoms. The number of carbonyl (C=O) groups excluding carboxylic acids is 1. The number of hydrogen-bond donors (Lipinski definition) is 2. The van der Waals surface area contributed by atoms with Crippen LogP contribution in [0.1, 0.15) is 28.2 Å². The Bertz CT molecular complexity index is 1270. The molecule has 0 aliphatic heterocycles. The fourth-order valence-corrected chi connectivity index (χ4v) is 2.94. The standard InChI is InChI=1S/C19H13F2N7O/c1-10-4-11(6-22)7-23-16(10)18(29)25-13-2-3-15-14(5-13)17(27-26-15)12-8-24-28(9-12)19(20)21/h2-5,7-9,19H,1H3,(H,25,29)(H,26,27). The summed E-state index contributed by atoms with van der Waals surface area (Å²) >= 11 is 0. The molecule has 0 spiro atoms. The number of halogens is 2. The Morgan fingerprint density at radius 1 is 1.31 bits per heavy atom. The van der Waals surface area contributed by atoms with E-state index in [1.807, 2.05) is 6.07 Å². The van der Waals surface area contributed by atoms with Gasteiger partial charge in [0, 0.05) is 29.0 Å². The Balaban J connectivity index is 1.65. The van der Waals surface area contributed by atoms with E-state index in [4.69, 9.17) is 5.26 Å². The number of amides is 1. The van der Waals surface area contributed by atoms with Crippen LogP contribution in [0, 0.1) is 18.3 Å². The smallest absolute Gasteiger partial charge is 0.321 e. The molecule has 4 aromatic rings. The molecule has 0 fully saturated rings. The summed E-state index contributed by atoms with van der Waals surface area (Å²) in [6, 6.07) is 8.65. The number of rotatable bonds is 4. The molecule has 3 aromatic heterocycles. The number of nitriles is 1. The first kappa shape index (κ1) is 18.2. The summed E-state index contributed by atoms with van der Waals surface area (Å²) in [4.78, 5) is 16.6. The minimum absolute atomic E-state index is 0.203. The molecule has 0 bridgehead atoms. The Kier molecular flexibility index (Phi) is 4.48. The third-order valence-electron chi connectivity index (χ3n) is 4.32. The van der Waals surface area contributed by atoms with Crippen LogP contribution in [0.15, 0.2) is 42.9 Å². The van der Waals surface area contributed by atoms with Crippen molar-refractivity contribution in [2.24, 2.45) is 0 Å². The Hall–Kier alpha value is -4.13. The molecule has 8 nitrogen and oxygen atoms in total. The Morgan fingerprint density at radius 3 is 2.83 bits per heavy atom. The first-order valence-electron chi connectivity index (χ1n) is 8.45. The van der Waals surface area contributed by atoms with Gasteiger partial charge in [0.2, 0.25) is 0 Å². The normalized spacial score (nSPS) is 11.0. The summed E-state index contributed by atoms with van der Waals surface area (Å²) in [7, 11) is 0. The number of carbonyl (C=O) groups is 1. The number of nitrogens with one attached hydrogen (secondary N) is 2. The molecule has 0 unspecified atom stereocenters. The van der Waals surface area contributed by atoms with Crippen molar-refractivity contribution in [3.05, 3.63) is 59.7 Å². The van der Waals surface area contributed by atoms with Crippen molar-refractivity contribution in [2.45, 2.75) is 13.5 Å². The molecule has 0 aliphatic carbocycles. The van der Waals surface area contributed by atoms with Crippen LogP contribution in [0.5, 0.6) is 0 Å². The Morgan fingerprint density at radius 2 is 2.14 bits per heavy atom. The largest absolute Gasteiger partial charge is 0.333 e. The van der Waals surface area contributed by atoms with E-state index in [-0.39, 0.29) is 5.69 Å².